The maximum absolute atomic E-state index is 14.6. The van der Waals surface area contributed by atoms with Gasteiger partial charge in [0.05, 0.1) is 25.4 Å². The molecule has 0 bridgehead atoms. The van der Waals surface area contributed by atoms with Crippen molar-refractivity contribution in [1.29, 1.82) is 0 Å². The minimum atomic E-state index is -0.213. The van der Waals surface area contributed by atoms with Gasteiger partial charge in [-0.25, -0.2) is 9.38 Å². The molecule has 0 radical (unpaired) electrons. The van der Waals surface area contributed by atoms with Gasteiger partial charge in [0.25, 0.3) is 0 Å². The quantitative estimate of drug-likeness (QED) is 0.375. The van der Waals surface area contributed by atoms with Crippen LogP contribution in [0.4, 0.5) is 10.1 Å². The Morgan fingerprint density at radius 3 is 2.77 bits per heavy atom. The molecule has 2 heterocycles. The van der Waals surface area contributed by atoms with Crippen molar-refractivity contribution in [3.05, 3.63) is 29.6 Å². The Labute approximate surface area is 185 Å². The number of carbonyl (C=O) groups excluding carboxylic acids is 1. The lowest BCUT2D eigenvalue weighted by atomic mass is 10.1. The molecule has 0 atom stereocenters. The third-order valence-electron chi connectivity index (χ3n) is 5.70. The second kappa shape index (κ2) is 12.5. The van der Waals surface area contributed by atoms with Crippen molar-refractivity contribution in [3.63, 3.8) is 0 Å². The zero-order valence-electron chi connectivity index (χ0n) is 18.7. The largest absolute Gasteiger partial charge is 0.378 e. The number of aliphatic imine (C=N–C) groups is 1. The number of ether oxygens (including phenoxy) is 1. The molecule has 0 spiro atoms. The number of nitrogens with zero attached hydrogens (tertiary/aromatic N) is 3. The molecule has 0 unspecified atom stereocenters. The first-order valence-electron chi connectivity index (χ1n) is 11.6. The summed E-state index contributed by atoms with van der Waals surface area (Å²) in [6.07, 6.45) is 4.81. The molecule has 1 amide bonds. The highest BCUT2D eigenvalue weighted by atomic mass is 19.1. The van der Waals surface area contributed by atoms with E-state index >= 15 is 0 Å². The maximum atomic E-state index is 14.6. The fourth-order valence-corrected chi connectivity index (χ4v) is 3.97. The van der Waals surface area contributed by atoms with Gasteiger partial charge in [-0.2, -0.15) is 0 Å². The summed E-state index contributed by atoms with van der Waals surface area (Å²) in [6.45, 7) is 8.26. The van der Waals surface area contributed by atoms with Crippen LogP contribution in [-0.2, 0) is 16.1 Å². The fourth-order valence-electron chi connectivity index (χ4n) is 3.97. The Balaban J connectivity index is 1.48. The van der Waals surface area contributed by atoms with Crippen LogP contribution in [-0.4, -0.2) is 69.2 Å². The number of likely N-dealkylation sites (tertiary alicyclic amines) is 1. The zero-order chi connectivity index (χ0) is 21.9. The number of halogens is 1. The van der Waals surface area contributed by atoms with E-state index in [4.69, 9.17) is 4.74 Å². The van der Waals surface area contributed by atoms with E-state index in [9.17, 15) is 9.18 Å². The van der Waals surface area contributed by atoms with Gasteiger partial charge in [-0.15, -0.1) is 0 Å². The number of guanidine groups is 1. The van der Waals surface area contributed by atoms with Gasteiger partial charge in [-0.3, -0.25) is 4.79 Å². The summed E-state index contributed by atoms with van der Waals surface area (Å²) < 4.78 is 19.9. The summed E-state index contributed by atoms with van der Waals surface area (Å²) >= 11 is 0. The molecule has 2 saturated heterocycles. The summed E-state index contributed by atoms with van der Waals surface area (Å²) in [4.78, 5) is 20.7. The molecule has 2 N–H and O–H groups in total. The highest BCUT2D eigenvalue weighted by Gasteiger charge is 2.16. The van der Waals surface area contributed by atoms with Gasteiger partial charge in [-0.1, -0.05) is 12.5 Å². The van der Waals surface area contributed by atoms with Crippen LogP contribution < -0.4 is 15.5 Å². The monoisotopic (exact) mass is 433 g/mol. The number of amides is 1. The number of benzene rings is 1. The summed E-state index contributed by atoms with van der Waals surface area (Å²) in [5.41, 5.74) is 1.46. The number of hydrogen-bond donors (Lipinski definition) is 2. The van der Waals surface area contributed by atoms with Crippen LogP contribution in [0, 0.1) is 5.82 Å². The van der Waals surface area contributed by atoms with E-state index in [1.807, 2.05) is 28.9 Å². The number of rotatable bonds is 8. The van der Waals surface area contributed by atoms with Crippen LogP contribution >= 0.6 is 0 Å². The molecule has 0 aromatic heterocycles. The van der Waals surface area contributed by atoms with E-state index in [1.54, 1.807) is 6.07 Å². The lowest BCUT2D eigenvalue weighted by Gasteiger charge is -2.29. The fraction of sp³-hybridized carbons (Fsp3) is 0.652. The number of nitrogens with one attached hydrogen (secondary N) is 2. The minimum Gasteiger partial charge on any atom is -0.378 e. The topological polar surface area (TPSA) is 69.2 Å². The van der Waals surface area contributed by atoms with Crippen molar-refractivity contribution in [3.8, 4) is 0 Å². The van der Waals surface area contributed by atoms with Crippen molar-refractivity contribution >= 4 is 17.6 Å². The van der Waals surface area contributed by atoms with Crippen molar-refractivity contribution in [2.24, 2.45) is 4.99 Å². The van der Waals surface area contributed by atoms with Gasteiger partial charge in [0.15, 0.2) is 5.96 Å². The Kier molecular flexibility index (Phi) is 9.39. The molecule has 1 aromatic carbocycles. The molecular weight excluding hydrogens is 397 g/mol. The van der Waals surface area contributed by atoms with Gasteiger partial charge < -0.3 is 25.2 Å². The van der Waals surface area contributed by atoms with E-state index in [0.717, 1.165) is 57.4 Å². The highest BCUT2D eigenvalue weighted by Crippen LogP contribution is 2.22. The minimum absolute atomic E-state index is 0.213. The van der Waals surface area contributed by atoms with Crippen molar-refractivity contribution in [2.45, 2.75) is 45.6 Å². The molecule has 0 saturated carbocycles. The molecule has 2 aliphatic rings. The van der Waals surface area contributed by atoms with Crippen LogP contribution in [0.15, 0.2) is 23.2 Å². The highest BCUT2D eigenvalue weighted by molar-refractivity contribution is 5.79. The lowest BCUT2D eigenvalue weighted by molar-refractivity contribution is -0.130. The van der Waals surface area contributed by atoms with E-state index in [1.165, 1.54) is 0 Å². The Morgan fingerprint density at radius 1 is 1.16 bits per heavy atom. The van der Waals surface area contributed by atoms with Crippen molar-refractivity contribution in [1.82, 2.24) is 15.5 Å². The second-order valence-electron chi connectivity index (χ2n) is 8.05. The number of hydrogen-bond acceptors (Lipinski definition) is 4. The normalized spacial score (nSPS) is 18.1. The Morgan fingerprint density at radius 2 is 2.00 bits per heavy atom. The number of morpholine rings is 1. The van der Waals surface area contributed by atoms with Gasteiger partial charge in [0, 0.05) is 45.7 Å². The molecule has 2 fully saturated rings. The zero-order valence-corrected chi connectivity index (χ0v) is 18.7. The summed E-state index contributed by atoms with van der Waals surface area (Å²) in [7, 11) is 0. The van der Waals surface area contributed by atoms with E-state index in [-0.39, 0.29) is 11.7 Å². The standard InChI is InChI=1S/C23H36FN5O2/c1-2-25-23(26-10-6-12-29-11-5-3-4-7-22(29)30)27-18-19-8-9-21(20(24)17-19)28-13-15-31-16-14-28/h8-9,17H,2-7,10-16,18H2,1H3,(H2,25,26,27). The molecule has 7 nitrogen and oxygen atoms in total. The number of carbonyl (C=O) groups is 1. The SMILES string of the molecule is CCNC(=NCc1ccc(N2CCOCC2)c(F)c1)NCCCN1CCCCCC1=O. The first-order valence-corrected chi connectivity index (χ1v) is 11.6. The van der Waals surface area contributed by atoms with Crippen LogP contribution in [0.5, 0.6) is 0 Å². The molecule has 3 rings (SSSR count). The summed E-state index contributed by atoms with van der Waals surface area (Å²) in [5.74, 6) is 0.776. The van der Waals surface area contributed by atoms with Gasteiger partial charge in [-0.05, 0) is 43.9 Å². The molecule has 31 heavy (non-hydrogen) atoms. The molecule has 0 aliphatic carbocycles. The predicted molar refractivity (Wildman–Crippen MR) is 122 cm³/mol. The smallest absolute Gasteiger partial charge is 0.222 e. The average Bonchev–Trinajstić information content (AvgIpc) is 2.99. The molecule has 172 valence electrons. The van der Waals surface area contributed by atoms with Crippen molar-refractivity contribution < 1.29 is 13.9 Å². The maximum Gasteiger partial charge on any atom is 0.222 e. The van der Waals surface area contributed by atoms with Crippen molar-refractivity contribution in [2.75, 3.05) is 57.4 Å². The van der Waals surface area contributed by atoms with Gasteiger partial charge in [0.2, 0.25) is 5.91 Å². The Bertz CT molecular complexity index is 737. The van der Waals surface area contributed by atoms with Crippen LogP contribution in [0.25, 0.3) is 0 Å². The third kappa shape index (κ3) is 7.38. The predicted octanol–water partition coefficient (Wildman–Crippen LogP) is 2.51. The van der Waals surface area contributed by atoms with Crippen LogP contribution in [0.2, 0.25) is 0 Å². The van der Waals surface area contributed by atoms with E-state index < -0.39 is 0 Å². The Hall–Kier alpha value is -2.35. The van der Waals surface area contributed by atoms with E-state index in [2.05, 4.69) is 15.6 Å². The van der Waals surface area contributed by atoms with Crippen LogP contribution in [0.1, 0.15) is 44.6 Å². The van der Waals surface area contributed by atoms with Crippen LogP contribution in [0.3, 0.4) is 0 Å². The average molecular weight is 434 g/mol. The summed E-state index contributed by atoms with van der Waals surface area (Å²) in [5, 5.41) is 6.55. The first-order chi connectivity index (χ1) is 15.2. The lowest BCUT2D eigenvalue weighted by Crippen LogP contribution is -2.39. The molecule has 1 aromatic rings. The molecular formula is C23H36FN5O2. The van der Waals surface area contributed by atoms with Gasteiger partial charge >= 0.3 is 0 Å². The first kappa shape index (κ1) is 23.3. The van der Waals surface area contributed by atoms with Gasteiger partial charge in [0.1, 0.15) is 5.82 Å². The molecule has 8 heteroatoms. The number of anilines is 1. The van der Waals surface area contributed by atoms with E-state index in [0.29, 0.717) is 50.9 Å². The second-order valence-corrected chi connectivity index (χ2v) is 8.05. The third-order valence-corrected chi connectivity index (χ3v) is 5.70. The molecule has 2 aliphatic heterocycles. The summed E-state index contributed by atoms with van der Waals surface area (Å²) in [6, 6.07) is 5.35.